The smallest absolute Gasteiger partial charge is 0.0249 e. The zero-order valence-corrected chi connectivity index (χ0v) is 12.7. The van der Waals surface area contributed by atoms with Crippen LogP contribution in [0.4, 0.5) is 0 Å². The third-order valence-electron chi connectivity index (χ3n) is 4.44. The first-order chi connectivity index (χ1) is 9.22. The highest BCUT2D eigenvalue weighted by molar-refractivity contribution is 5.25. The van der Waals surface area contributed by atoms with Gasteiger partial charge in [0.05, 0.1) is 0 Å². The van der Waals surface area contributed by atoms with Crippen molar-refractivity contribution in [3.8, 4) is 0 Å². The second-order valence-electron chi connectivity index (χ2n) is 5.86. The van der Waals surface area contributed by atoms with Gasteiger partial charge in [0.2, 0.25) is 0 Å². The van der Waals surface area contributed by atoms with E-state index in [9.17, 15) is 0 Å². The quantitative estimate of drug-likeness (QED) is 0.873. The van der Waals surface area contributed by atoms with Gasteiger partial charge >= 0.3 is 0 Å². The molecule has 0 aliphatic heterocycles. The molecule has 0 radical (unpaired) electrons. The molecule has 1 N–H and O–H groups in total. The third-order valence-corrected chi connectivity index (χ3v) is 4.44. The van der Waals surface area contributed by atoms with Gasteiger partial charge in [0.1, 0.15) is 0 Å². The number of rotatable bonds is 5. The molecular weight excluding hydrogens is 232 g/mol. The van der Waals surface area contributed by atoms with Crippen LogP contribution < -0.4 is 5.32 Å². The first-order valence-electron chi connectivity index (χ1n) is 7.70. The maximum Gasteiger partial charge on any atom is 0.0249 e. The molecule has 0 aromatic heterocycles. The molecule has 1 aromatic carbocycles. The minimum Gasteiger partial charge on any atom is -0.313 e. The summed E-state index contributed by atoms with van der Waals surface area (Å²) in [5.41, 5.74) is 2.87. The number of nitrogens with one attached hydrogen (secondary N) is 1. The van der Waals surface area contributed by atoms with Crippen molar-refractivity contribution >= 4 is 0 Å². The van der Waals surface area contributed by atoms with Gasteiger partial charge in [0.25, 0.3) is 0 Å². The van der Waals surface area contributed by atoms with E-state index in [1.165, 1.54) is 36.8 Å². The Morgan fingerprint density at radius 1 is 1.21 bits per heavy atom. The number of benzene rings is 1. The van der Waals surface area contributed by atoms with E-state index in [1.54, 1.807) is 0 Å². The summed E-state index contributed by atoms with van der Waals surface area (Å²) in [6.45, 7) is 6.58. The number of likely N-dealkylation sites (N-methyl/N-ethyl adjacent to an activating group) is 2. The molecule has 19 heavy (non-hydrogen) atoms. The molecule has 0 amide bonds. The molecule has 0 heterocycles. The molecule has 1 fully saturated rings. The highest BCUT2D eigenvalue weighted by Gasteiger charge is 2.27. The van der Waals surface area contributed by atoms with Gasteiger partial charge < -0.3 is 5.32 Å². The van der Waals surface area contributed by atoms with E-state index in [4.69, 9.17) is 0 Å². The summed E-state index contributed by atoms with van der Waals surface area (Å²) in [7, 11) is 2.28. The van der Waals surface area contributed by atoms with Crippen molar-refractivity contribution in [3.63, 3.8) is 0 Å². The van der Waals surface area contributed by atoms with Gasteiger partial charge in [-0.25, -0.2) is 0 Å². The first kappa shape index (κ1) is 14.5. The molecule has 0 saturated heterocycles. The Morgan fingerprint density at radius 2 is 1.95 bits per heavy atom. The van der Waals surface area contributed by atoms with Crippen molar-refractivity contribution < 1.29 is 0 Å². The van der Waals surface area contributed by atoms with Crippen LogP contribution in [0.25, 0.3) is 0 Å². The molecule has 1 aromatic rings. The minimum absolute atomic E-state index is 0.674. The van der Waals surface area contributed by atoms with Crippen LogP contribution in [0.5, 0.6) is 0 Å². The van der Waals surface area contributed by atoms with Gasteiger partial charge in [0.15, 0.2) is 0 Å². The van der Waals surface area contributed by atoms with Crippen molar-refractivity contribution in [3.05, 3.63) is 35.4 Å². The molecule has 0 bridgehead atoms. The van der Waals surface area contributed by atoms with Crippen LogP contribution in [0.1, 0.15) is 43.7 Å². The summed E-state index contributed by atoms with van der Waals surface area (Å²) in [6.07, 6.45) is 5.42. The lowest BCUT2D eigenvalue weighted by molar-refractivity contribution is 0.144. The van der Waals surface area contributed by atoms with Crippen molar-refractivity contribution in [2.45, 2.75) is 58.2 Å². The fourth-order valence-corrected chi connectivity index (χ4v) is 3.31. The summed E-state index contributed by atoms with van der Waals surface area (Å²) in [4.78, 5) is 2.55. The Balaban J connectivity index is 2.01. The molecule has 1 aliphatic rings. The fourth-order valence-electron chi connectivity index (χ4n) is 3.31. The van der Waals surface area contributed by atoms with Crippen LogP contribution >= 0.6 is 0 Å². The third kappa shape index (κ3) is 3.80. The average molecular weight is 260 g/mol. The SMILES string of the molecule is CCNC1CCCCC1N(C)Cc1ccccc1C. The summed E-state index contributed by atoms with van der Waals surface area (Å²) in [5, 5.41) is 3.67. The molecule has 2 atom stereocenters. The topological polar surface area (TPSA) is 15.3 Å². The lowest BCUT2D eigenvalue weighted by Crippen LogP contribution is -2.50. The number of hydrogen-bond donors (Lipinski definition) is 1. The average Bonchev–Trinajstić information content (AvgIpc) is 2.42. The van der Waals surface area contributed by atoms with Gasteiger partial charge in [0, 0.05) is 18.6 Å². The van der Waals surface area contributed by atoms with Gasteiger partial charge in [-0.05, 0) is 44.5 Å². The van der Waals surface area contributed by atoms with E-state index in [-0.39, 0.29) is 0 Å². The maximum atomic E-state index is 3.67. The van der Waals surface area contributed by atoms with E-state index < -0.39 is 0 Å². The predicted molar refractivity (Wildman–Crippen MR) is 82.4 cm³/mol. The lowest BCUT2D eigenvalue weighted by atomic mass is 9.89. The molecular formula is C17H28N2. The molecule has 106 valence electrons. The predicted octanol–water partition coefficient (Wildman–Crippen LogP) is 3.35. The number of aryl methyl sites for hydroxylation is 1. The monoisotopic (exact) mass is 260 g/mol. The standard InChI is InChI=1S/C17H28N2/c1-4-18-16-11-7-8-12-17(16)19(3)13-15-10-6-5-9-14(15)2/h5-6,9-10,16-18H,4,7-8,11-13H2,1-3H3. The number of nitrogens with zero attached hydrogens (tertiary/aromatic N) is 1. The highest BCUT2D eigenvalue weighted by atomic mass is 15.2. The molecule has 1 saturated carbocycles. The Labute approximate surface area is 118 Å². The Hall–Kier alpha value is -0.860. The summed E-state index contributed by atoms with van der Waals surface area (Å²) >= 11 is 0. The van der Waals surface area contributed by atoms with Crippen LogP contribution in [-0.4, -0.2) is 30.6 Å². The van der Waals surface area contributed by atoms with Crippen LogP contribution in [0.2, 0.25) is 0 Å². The summed E-state index contributed by atoms with van der Waals surface area (Å²) < 4.78 is 0. The van der Waals surface area contributed by atoms with Crippen LogP contribution in [0, 0.1) is 6.92 Å². The van der Waals surface area contributed by atoms with Gasteiger partial charge in [-0.2, -0.15) is 0 Å². The summed E-state index contributed by atoms with van der Waals surface area (Å²) in [5.74, 6) is 0. The lowest BCUT2D eigenvalue weighted by Gasteiger charge is -2.38. The Kier molecular flexibility index (Phi) is 5.41. The second-order valence-corrected chi connectivity index (χ2v) is 5.86. The van der Waals surface area contributed by atoms with Crippen LogP contribution in [-0.2, 0) is 6.54 Å². The minimum atomic E-state index is 0.674. The van der Waals surface area contributed by atoms with Gasteiger partial charge in [-0.15, -0.1) is 0 Å². The molecule has 2 heteroatoms. The van der Waals surface area contributed by atoms with E-state index in [2.05, 4.69) is 55.4 Å². The zero-order chi connectivity index (χ0) is 13.7. The van der Waals surface area contributed by atoms with Gasteiger partial charge in [-0.3, -0.25) is 4.90 Å². The largest absolute Gasteiger partial charge is 0.313 e. The molecule has 1 aliphatic carbocycles. The van der Waals surface area contributed by atoms with E-state index in [1.807, 2.05) is 0 Å². The zero-order valence-electron chi connectivity index (χ0n) is 12.7. The van der Waals surface area contributed by atoms with Gasteiger partial charge in [-0.1, -0.05) is 44.0 Å². The van der Waals surface area contributed by atoms with Crippen LogP contribution in [0.15, 0.2) is 24.3 Å². The molecule has 2 rings (SSSR count). The maximum absolute atomic E-state index is 3.67. The van der Waals surface area contributed by atoms with Crippen LogP contribution in [0.3, 0.4) is 0 Å². The van der Waals surface area contributed by atoms with Crippen molar-refractivity contribution in [1.82, 2.24) is 10.2 Å². The normalized spacial score (nSPS) is 23.8. The van der Waals surface area contributed by atoms with E-state index in [0.29, 0.717) is 12.1 Å². The Morgan fingerprint density at radius 3 is 2.68 bits per heavy atom. The van der Waals surface area contributed by atoms with Crippen molar-refractivity contribution in [2.24, 2.45) is 0 Å². The first-order valence-corrected chi connectivity index (χ1v) is 7.70. The van der Waals surface area contributed by atoms with Crippen molar-refractivity contribution in [1.29, 1.82) is 0 Å². The fraction of sp³-hybridized carbons (Fsp3) is 0.647. The van der Waals surface area contributed by atoms with E-state index in [0.717, 1.165) is 13.1 Å². The van der Waals surface area contributed by atoms with Crippen molar-refractivity contribution in [2.75, 3.05) is 13.6 Å². The highest BCUT2D eigenvalue weighted by Crippen LogP contribution is 2.24. The summed E-state index contributed by atoms with van der Waals surface area (Å²) in [6, 6.07) is 10.1. The Bertz CT molecular complexity index is 387. The van der Waals surface area contributed by atoms with E-state index >= 15 is 0 Å². The number of hydrogen-bond acceptors (Lipinski definition) is 2. The molecule has 2 nitrogen and oxygen atoms in total. The molecule has 2 unspecified atom stereocenters. The second kappa shape index (κ2) is 7.06. The molecule has 0 spiro atoms.